The van der Waals surface area contributed by atoms with E-state index >= 15 is 0 Å². The van der Waals surface area contributed by atoms with Crippen molar-refractivity contribution in [2.24, 2.45) is 0 Å². The van der Waals surface area contributed by atoms with Crippen LogP contribution >= 0.6 is 11.6 Å². The lowest BCUT2D eigenvalue weighted by Gasteiger charge is -1.96. The average molecular weight is 190 g/mol. The van der Waals surface area contributed by atoms with Crippen molar-refractivity contribution in [1.82, 2.24) is 4.98 Å². The molecule has 0 aliphatic heterocycles. The minimum absolute atomic E-state index is 0.0380. The predicted octanol–water partition coefficient (Wildman–Crippen LogP) is 1.76. The zero-order chi connectivity index (χ0) is 9.14. The Morgan fingerprint density at radius 3 is 2.92 bits per heavy atom. The van der Waals surface area contributed by atoms with Gasteiger partial charge in [-0.15, -0.1) is 0 Å². The van der Waals surface area contributed by atoms with E-state index in [2.05, 4.69) is 4.98 Å². The lowest BCUT2D eigenvalue weighted by Crippen LogP contribution is -1.96. The Labute approximate surface area is 74.5 Å². The number of carbonyl (C=O) groups excluding carboxylic acids is 1. The molecule has 0 spiro atoms. The normalized spacial score (nSPS) is 9.92. The summed E-state index contributed by atoms with van der Waals surface area (Å²) in [4.78, 5) is 14.5. The van der Waals surface area contributed by atoms with Crippen molar-refractivity contribution in [3.05, 3.63) is 11.6 Å². The lowest BCUT2D eigenvalue weighted by atomic mass is 10.5. The Kier molecular flexibility index (Phi) is 2.70. The van der Waals surface area contributed by atoms with Crippen LogP contribution in [-0.4, -0.2) is 16.8 Å². The average Bonchev–Trinajstić information content (AvgIpc) is 2.32. The standard InChI is InChI=1S/C7H8ClNO3/c1-3-11-7-5(6(8)10)9-4(2)12-7/h3H2,1-2H3. The minimum atomic E-state index is -0.671. The number of carbonyl (C=O) groups is 1. The van der Waals surface area contributed by atoms with E-state index < -0.39 is 5.24 Å². The predicted molar refractivity (Wildman–Crippen MR) is 42.6 cm³/mol. The van der Waals surface area contributed by atoms with E-state index in [1.807, 2.05) is 0 Å². The molecule has 0 atom stereocenters. The maximum atomic E-state index is 10.7. The molecule has 0 aliphatic rings. The van der Waals surface area contributed by atoms with Crippen LogP contribution in [0.2, 0.25) is 0 Å². The number of aromatic nitrogens is 1. The molecular weight excluding hydrogens is 182 g/mol. The van der Waals surface area contributed by atoms with Crippen molar-refractivity contribution in [3.63, 3.8) is 0 Å². The molecule has 1 heterocycles. The summed E-state index contributed by atoms with van der Waals surface area (Å²) in [5.74, 6) is 0.456. The first-order valence-corrected chi connectivity index (χ1v) is 3.83. The number of hydrogen-bond donors (Lipinski definition) is 0. The third-order valence-electron chi connectivity index (χ3n) is 1.16. The monoisotopic (exact) mass is 189 g/mol. The molecule has 0 aliphatic carbocycles. The lowest BCUT2D eigenvalue weighted by molar-refractivity contribution is 0.107. The highest BCUT2D eigenvalue weighted by Crippen LogP contribution is 2.20. The summed E-state index contributed by atoms with van der Waals surface area (Å²) in [6, 6.07) is 0. The summed E-state index contributed by atoms with van der Waals surface area (Å²) in [7, 11) is 0. The highest BCUT2D eigenvalue weighted by Gasteiger charge is 2.17. The molecule has 1 aromatic rings. The highest BCUT2D eigenvalue weighted by molar-refractivity contribution is 6.67. The van der Waals surface area contributed by atoms with Gasteiger partial charge in [0.05, 0.1) is 6.61 Å². The Balaban J connectivity index is 2.99. The van der Waals surface area contributed by atoms with E-state index in [1.54, 1.807) is 13.8 Å². The van der Waals surface area contributed by atoms with Crippen LogP contribution in [0.15, 0.2) is 4.42 Å². The van der Waals surface area contributed by atoms with Crippen molar-refractivity contribution in [2.75, 3.05) is 6.61 Å². The molecule has 5 heteroatoms. The van der Waals surface area contributed by atoms with Gasteiger partial charge in [0.15, 0.2) is 5.89 Å². The second kappa shape index (κ2) is 3.58. The number of nitrogens with zero attached hydrogens (tertiary/aromatic N) is 1. The summed E-state index contributed by atoms with van der Waals surface area (Å²) < 4.78 is 9.96. The number of aryl methyl sites for hydroxylation is 1. The van der Waals surface area contributed by atoms with Crippen LogP contribution in [0.5, 0.6) is 5.95 Å². The summed E-state index contributed by atoms with van der Waals surface area (Å²) in [5, 5.41) is -0.671. The van der Waals surface area contributed by atoms with Crippen LogP contribution in [0.3, 0.4) is 0 Å². The number of oxazole rings is 1. The fourth-order valence-electron chi connectivity index (χ4n) is 0.762. The van der Waals surface area contributed by atoms with Gasteiger partial charge in [-0.25, -0.2) is 4.98 Å². The molecule has 12 heavy (non-hydrogen) atoms. The maximum absolute atomic E-state index is 10.7. The smallest absolute Gasteiger partial charge is 0.318 e. The second-order valence-electron chi connectivity index (χ2n) is 2.08. The van der Waals surface area contributed by atoms with Gasteiger partial charge in [0.1, 0.15) is 0 Å². The van der Waals surface area contributed by atoms with Gasteiger partial charge in [0.25, 0.3) is 5.24 Å². The summed E-state index contributed by atoms with van der Waals surface area (Å²) in [6.45, 7) is 3.80. The number of hydrogen-bond acceptors (Lipinski definition) is 4. The van der Waals surface area contributed by atoms with E-state index in [9.17, 15) is 4.79 Å². The number of halogens is 1. The van der Waals surface area contributed by atoms with Crippen LogP contribution in [0, 0.1) is 6.92 Å². The van der Waals surface area contributed by atoms with Gasteiger partial charge in [-0.1, -0.05) is 0 Å². The Hall–Kier alpha value is -1.03. The van der Waals surface area contributed by atoms with E-state index in [4.69, 9.17) is 20.8 Å². The molecule has 0 amide bonds. The van der Waals surface area contributed by atoms with Gasteiger partial charge in [0, 0.05) is 6.92 Å². The summed E-state index contributed by atoms with van der Waals surface area (Å²) >= 11 is 5.22. The van der Waals surface area contributed by atoms with Gasteiger partial charge in [0.2, 0.25) is 5.69 Å². The largest absolute Gasteiger partial charge is 0.464 e. The molecule has 66 valence electrons. The topological polar surface area (TPSA) is 52.3 Å². The molecule has 0 radical (unpaired) electrons. The molecule has 1 aromatic heterocycles. The van der Waals surface area contributed by atoms with Crippen molar-refractivity contribution in [2.45, 2.75) is 13.8 Å². The summed E-state index contributed by atoms with van der Waals surface area (Å²) in [5.41, 5.74) is 0.0380. The summed E-state index contributed by atoms with van der Waals surface area (Å²) in [6.07, 6.45) is 0. The quantitative estimate of drug-likeness (QED) is 0.680. The van der Waals surface area contributed by atoms with Crippen molar-refractivity contribution >= 4 is 16.8 Å². The first-order valence-electron chi connectivity index (χ1n) is 3.45. The molecule has 0 fully saturated rings. The molecule has 0 unspecified atom stereocenters. The third-order valence-corrected chi connectivity index (χ3v) is 1.34. The van der Waals surface area contributed by atoms with Crippen molar-refractivity contribution < 1.29 is 13.9 Å². The first-order chi connectivity index (χ1) is 5.65. The molecule has 4 nitrogen and oxygen atoms in total. The van der Waals surface area contributed by atoms with E-state index in [-0.39, 0.29) is 11.6 Å². The van der Waals surface area contributed by atoms with Crippen molar-refractivity contribution in [1.29, 1.82) is 0 Å². The van der Waals surface area contributed by atoms with Gasteiger partial charge >= 0.3 is 5.95 Å². The number of rotatable bonds is 3. The third kappa shape index (κ3) is 1.76. The van der Waals surface area contributed by atoms with Crippen LogP contribution in [0.1, 0.15) is 23.3 Å². The minimum Gasteiger partial charge on any atom is -0.464 e. The molecule has 0 aromatic carbocycles. The SMILES string of the molecule is CCOc1oc(C)nc1C(=O)Cl. The first kappa shape index (κ1) is 9.06. The van der Waals surface area contributed by atoms with Crippen LogP contribution in [-0.2, 0) is 0 Å². The molecule has 0 saturated heterocycles. The Bertz CT molecular complexity index is 295. The zero-order valence-electron chi connectivity index (χ0n) is 6.76. The zero-order valence-corrected chi connectivity index (χ0v) is 7.51. The van der Waals surface area contributed by atoms with Gasteiger partial charge in [-0.2, -0.15) is 0 Å². The van der Waals surface area contributed by atoms with Crippen molar-refractivity contribution in [3.8, 4) is 5.95 Å². The number of ether oxygens (including phenoxy) is 1. The fraction of sp³-hybridized carbons (Fsp3) is 0.429. The highest BCUT2D eigenvalue weighted by atomic mass is 35.5. The molecule has 0 N–H and O–H groups in total. The molecule has 0 bridgehead atoms. The van der Waals surface area contributed by atoms with E-state index in [1.165, 1.54) is 0 Å². The maximum Gasteiger partial charge on any atom is 0.318 e. The molecule has 0 saturated carbocycles. The fourth-order valence-corrected chi connectivity index (χ4v) is 0.881. The van der Waals surface area contributed by atoms with Gasteiger partial charge in [-0.3, -0.25) is 4.79 Å². The van der Waals surface area contributed by atoms with E-state index in [0.29, 0.717) is 12.5 Å². The van der Waals surface area contributed by atoms with E-state index in [0.717, 1.165) is 0 Å². The van der Waals surface area contributed by atoms with Crippen LogP contribution in [0.25, 0.3) is 0 Å². The van der Waals surface area contributed by atoms with Gasteiger partial charge < -0.3 is 9.15 Å². The molecule has 1 rings (SSSR count). The molecular formula is C7H8ClNO3. The Morgan fingerprint density at radius 2 is 2.42 bits per heavy atom. The van der Waals surface area contributed by atoms with Gasteiger partial charge in [-0.05, 0) is 18.5 Å². The second-order valence-corrected chi connectivity index (χ2v) is 2.42. The Morgan fingerprint density at radius 1 is 1.75 bits per heavy atom. The van der Waals surface area contributed by atoms with Crippen LogP contribution < -0.4 is 4.74 Å². The van der Waals surface area contributed by atoms with Crippen LogP contribution in [0.4, 0.5) is 0 Å².